The van der Waals surface area contributed by atoms with E-state index in [4.69, 9.17) is 4.74 Å². The number of alkyl halides is 3. The number of sulfonamides is 1. The topological polar surface area (TPSA) is 104 Å². The SMILES string of the molecule is CN(C)C1CCN(c2nc(NC3CCN(S(C)(=O)=O)CC3)nc(OCC(F)(F)F)n2)C1. The van der Waals surface area contributed by atoms with Crippen molar-refractivity contribution in [2.75, 3.05) is 63.4 Å². The zero-order chi connectivity index (χ0) is 22.8. The van der Waals surface area contributed by atoms with E-state index in [1.807, 2.05) is 19.0 Å². The summed E-state index contributed by atoms with van der Waals surface area (Å²) in [6, 6.07) is -0.225. The summed E-state index contributed by atoms with van der Waals surface area (Å²) < 4.78 is 67.3. The van der Waals surface area contributed by atoms with Crippen LogP contribution in [0, 0.1) is 0 Å². The lowest BCUT2D eigenvalue weighted by Gasteiger charge is -2.30. The summed E-state index contributed by atoms with van der Waals surface area (Å²) in [6.45, 7) is 0.508. The summed E-state index contributed by atoms with van der Waals surface area (Å²) in [6.07, 6.45) is -1.41. The summed E-state index contributed by atoms with van der Waals surface area (Å²) in [5.74, 6) is 0.376. The summed E-state index contributed by atoms with van der Waals surface area (Å²) >= 11 is 0. The summed E-state index contributed by atoms with van der Waals surface area (Å²) in [7, 11) is 0.682. The Balaban J connectivity index is 1.74. The third-order valence-electron chi connectivity index (χ3n) is 5.40. The number of nitrogens with one attached hydrogen (secondary N) is 1. The molecule has 1 unspecified atom stereocenters. The van der Waals surface area contributed by atoms with E-state index < -0.39 is 28.8 Å². The van der Waals surface area contributed by atoms with Crippen molar-refractivity contribution in [1.29, 1.82) is 0 Å². The van der Waals surface area contributed by atoms with Crippen LogP contribution in [0.15, 0.2) is 0 Å². The molecule has 2 aliphatic heterocycles. The molecule has 0 aliphatic carbocycles. The second-order valence-electron chi connectivity index (χ2n) is 8.08. The van der Waals surface area contributed by atoms with Gasteiger partial charge in [0.05, 0.1) is 6.26 Å². The van der Waals surface area contributed by atoms with Crippen LogP contribution in [0.5, 0.6) is 6.01 Å². The monoisotopic (exact) mass is 467 g/mol. The number of anilines is 2. The highest BCUT2D eigenvalue weighted by atomic mass is 32.2. The van der Waals surface area contributed by atoms with Gasteiger partial charge in [-0.15, -0.1) is 0 Å². The van der Waals surface area contributed by atoms with E-state index in [2.05, 4.69) is 25.2 Å². The van der Waals surface area contributed by atoms with Crippen LogP contribution in [-0.4, -0.2) is 104 Å². The minimum atomic E-state index is -4.51. The Bertz CT molecular complexity index is 861. The van der Waals surface area contributed by atoms with E-state index in [1.54, 1.807) is 0 Å². The van der Waals surface area contributed by atoms with Crippen molar-refractivity contribution in [3.63, 3.8) is 0 Å². The maximum absolute atomic E-state index is 12.6. The lowest BCUT2D eigenvalue weighted by atomic mass is 10.1. The van der Waals surface area contributed by atoms with E-state index in [9.17, 15) is 21.6 Å². The Labute approximate surface area is 179 Å². The van der Waals surface area contributed by atoms with Gasteiger partial charge in [0.15, 0.2) is 6.61 Å². The molecule has 176 valence electrons. The summed E-state index contributed by atoms with van der Waals surface area (Å²) in [5.41, 5.74) is 0. The molecule has 0 bridgehead atoms. The fraction of sp³-hybridized carbons (Fsp3) is 0.824. The van der Waals surface area contributed by atoms with Gasteiger partial charge in [-0.05, 0) is 33.4 Å². The molecular weight excluding hydrogens is 439 g/mol. The van der Waals surface area contributed by atoms with Crippen molar-refractivity contribution < 1.29 is 26.3 Å². The molecule has 2 saturated heterocycles. The van der Waals surface area contributed by atoms with Crippen LogP contribution in [-0.2, 0) is 10.0 Å². The first-order valence-corrected chi connectivity index (χ1v) is 11.8. The van der Waals surface area contributed by atoms with Crippen LogP contribution in [0.25, 0.3) is 0 Å². The molecule has 0 aromatic carbocycles. The lowest BCUT2D eigenvalue weighted by molar-refractivity contribution is -0.154. The zero-order valence-electron chi connectivity index (χ0n) is 17.8. The van der Waals surface area contributed by atoms with Gasteiger partial charge < -0.3 is 19.9 Å². The van der Waals surface area contributed by atoms with Crippen LogP contribution in [0.1, 0.15) is 19.3 Å². The van der Waals surface area contributed by atoms with E-state index >= 15 is 0 Å². The molecule has 1 aromatic rings. The molecule has 1 aromatic heterocycles. The molecule has 1 N–H and O–H groups in total. The quantitative estimate of drug-likeness (QED) is 0.623. The van der Waals surface area contributed by atoms with Gasteiger partial charge in [0.2, 0.25) is 21.9 Å². The van der Waals surface area contributed by atoms with Gasteiger partial charge in [-0.3, -0.25) is 0 Å². The second kappa shape index (κ2) is 9.28. The smallest absolute Gasteiger partial charge is 0.422 e. The molecule has 14 heteroatoms. The van der Waals surface area contributed by atoms with Crippen molar-refractivity contribution in [3.8, 4) is 6.01 Å². The van der Waals surface area contributed by atoms with Crippen molar-refractivity contribution in [2.24, 2.45) is 0 Å². The molecule has 0 radical (unpaired) electrons. The first kappa shape index (κ1) is 23.7. The fourth-order valence-corrected chi connectivity index (χ4v) is 4.50. The molecule has 0 saturated carbocycles. The first-order chi connectivity index (χ1) is 14.4. The average Bonchev–Trinajstić information content (AvgIpc) is 3.16. The highest BCUT2D eigenvalue weighted by Crippen LogP contribution is 2.24. The standard InChI is InChI=1S/C17H28F3N7O3S/c1-25(2)13-6-7-26(10-13)15-22-14(23-16(24-15)30-11-17(18,19)20)21-12-4-8-27(9-5-12)31(3,28)29/h12-13H,4-11H2,1-3H3,(H,21,22,23,24). The van der Waals surface area contributed by atoms with Gasteiger partial charge in [0, 0.05) is 38.3 Å². The van der Waals surface area contributed by atoms with E-state index in [0.717, 1.165) is 6.42 Å². The Hall–Kier alpha value is -1.93. The molecule has 3 heterocycles. The Morgan fingerprint density at radius 1 is 1.13 bits per heavy atom. The van der Waals surface area contributed by atoms with Crippen molar-refractivity contribution in [3.05, 3.63) is 0 Å². The molecule has 1 atom stereocenters. The summed E-state index contributed by atoms with van der Waals surface area (Å²) in [4.78, 5) is 16.5. The van der Waals surface area contributed by atoms with Crippen LogP contribution in [0.4, 0.5) is 25.1 Å². The molecule has 31 heavy (non-hydrogen) atoms. The minimum Gasteiger partial charge on any atom is -0.454 e. The molecule has 3 rings (SSSR count). The van der Waals surface area contributed by atoms with Crippen molar-refractivity contribution >= 4 is 21.9 Å². The number of piperidine rings is 1. The normalized spacial score (nSPS) is 21.6. The van der Waals surface area contributed by atoms with Gasteiger partial charge >= 0.3 is 12.2 Å². The number of likely N-dealkylation sites (N-methyl/N-ethyl adjacent to an activating group) is 1. The van der Waals surface area contributed by atoms with Crippen LogP contribution in [0.3, 0.4) is 0 Å². The van der Waals surface area contributed by atoms with Gasteiger partial charge in [-0.25, -0.2) is 12.7 Å². The molecule has 0 amide bonds. The average molecular weight is 468 g/mol. The third kappa shape index (κ3) is 6.77. The zero-order valence-corrected chi connectivity index (χ0v) is 18.6. The molecule has 10 nitrogen and oxygen atoms in total. The predicted octanol–water partition coefficient (Wildman–Crippen LogP) is 0.789. The number of hydrogen-bond acceptors (Lipinski definition) is 9. The van der Waals surface area contributed by atoms with Crippen molar-refractivity contribution in [2.45, 2.75) is 37.5 Å². The predicted molar refractivity (Wildman–Crippen MR) is 109 cm³/mol. The highest BCUT2D eigenvalue weighted by molar-refractivity contribution is 7.88. The number of nitrogens with zero attached hydrogens (tertiary/aromatic N) is 6. The highest BCUT2D eigenvalue weighted by Gasteiger charge is 2.31. The number of halogens is 3. The Morgan fingerprint density at radius 2 is 1.81 bits per heavy atom. The van der Waals surface area contributed by atoms with E-state index in [-0.39, 0.29) is 24.0 Å². The maximum atomic E-state index is 12.6. The lowest BCUT2D eigenvalue weighted by Crippen LogP contribution is -2.42. The van der Waals surface area contributed by atoms with Crippen LogP contribution >= 0.6 is 0 Å². The number of ether oxygens (including phenoxy) is 1. The molecule has 2 fully saturated rings. The van der Waals surface area contributed by atoms with Gasteiger partial charge in [-0.1, -0.05) is 0 Å². The molecule has 0 spiro atoms. The van der Waals surface area contributed by atoms with Gasteiger partial charge in [-0.2, -0.15) is 28.1 Å². The van der Waals surface area contributed by atoms with Crippen LogP contribution in [0.2, 0.25) is 0 Å². The molecular formula is C17H28F3N7O3S. The van der Waals surface area contributed by atoms with E-state index in [1.165, 1.54) is 10.6 Å². The second-order valence-corrected chi connectivity index (χ2v) is 10.1. The summed E-state index contributed by atoms with van der Waals surface area (Å²) in [5, 5.41) is 3.11. The Morgan fingerprint density at radius 3 is 2.35 bits per heavy atom. The minimum absolute atomic E-state index is 0.114. The number of rotatable bonds is 7. The third-order valence-corrected chi connectivity index (χ3v) is 6.70. The van der Waals surface area contributed by atoms with Crippen LogP contribution < -0.4 is 15.0 Å². The van der Waals surface area contributed by atoms with Gasteiger partial charge in [0.25, 0.3) is 0 Å². The van der Waals surface area contributed by atoms with E-state index in [0.29, 0.717) is 39.0 Å². The van der Waals surface area contributed by atoms with Gasteiger partial charge in [0.1, 0.15) is 0 Å². The molecule has 2 aliphatic rings. The number of aromatic nitrogens is 3. The maximum Gasteiger partial charge on any atom is 0.422 e. The Kier molecular flexibility index (Phi) is 7.11. The fourth-order valence-electron chi connectivity index (χ4n) is 3.62. The first-order valence-electron chi connectivity index (χ1n) is 9.99. The van der Waals surface area contributed by atoms with Crippen molar-refractivity contribution in [1.82, 2.24) is 24.2 Å². The largest absolute Gasteiger partial charge is 0.454 e. The number of hydrogen-bond donors (Lipinski definition) is 1.